The number of thiophene rings is 1. The van der Waals surface area contributed by atoms with Gasteiger partial charge in [0.2, 0.25) is 0 Å². The number of nitrogens with one attached hydrogen (secondary N) is 1. The maximum Gasteiger partial charge on any atom is 0.0386 e. The van der Waals surface area contributed by atoms with E-state index in [1.807, 2.05) is 11.3 Å². The first-order valence-corrected chi connectivity index (χ1v) is 8.65. The highest BCUT2D eigenvalue weighted by Gasteiger charge is 2.10. The summed E-state index contributed by atoms with van der Waals surface area (Å²) in [7, 11) is 0. The third-order valence-corrected chi connectivity index (χ3v) is 5.45. The number of nitrogens with zero attached hydrogens (tertiary/aromatic N) is 1. The zero-order valence-electron chi connectivity index (χ0n) is 12.5. The van der Waals surface area contributed by atoms with Crippen LogP contribution in [-0.4, -0.2) is 31.1 Å². The summed E-state index contributed by atoms with van der Waals surface area (Å²) >= 11 is 1.95. The molecule has 0 saturated carbocycles. The van der Waals surface area contributed by atoms with Crippen molar-refractivity contribution in [1.29, 1.82) is 0 Å². The van der Waals surface area contributed by atoms with Crippen molar-refractivity contribution in [2.75, 3.05) is 26.2 Å². The summed E-state index contributed by atoms with van der Waals surface area (Å²) in [5.41, 5.74) is 0. The second-order valence-corrected chi connectivity index (χ2v) is 6.79. The molecule has 0 aromatic carbocycles. The molecule has 19 heavy (non-hydrogen) atoms. The SMILES string of the molecule is CCc1ccc(C(C)NCCN2CCCCCC2)s1. The molecule has 0 aliphatic carbocycles. The van der Waals surface area contributed by atoms with Gasteiger partial charge in [-0.25, -0.2) is 0 Å². The number of rotatable bonds is 6. The van der Waals surface area contributed by atoms with Crippen molar-refractivity contribution >= 4 is 11.3 Å². The molecule has 1 saturated heterocycles. The van der Waals surface area contributed by atoms with Crippen LogP contribution in [-0.2, 0) is 6.42 Å². The Labute approximate surface area is 122 Å². The molecule has 1 atom stereocenters. The lowest BCUT2D eigenvalue weighted by Crippen LogP contribution is -2.33. The molecular formula is C16H28N2S. The van der Waals surface area contributed by atoms with Gasteiger partial charge in [0.25, 0.3) is 0 Å². The lowest BCUT2D eigenvalue weighted by Gasteiger charge is -2.21. The van der Waals surface area contributed by atoms with Crippen molar-refractivity contribution in [3.8, 4) is 0 Å². The Bertz CT molecular complexity index is 353. The van der Waals surface area contributed by atoms with Crippen molar-refractivity contribution < 1.29 is 0 Å². The molecule has 1 fully saturated rings. The first kappa shape index (κ1) is 15.0. The van der Waals surface area contributed by atoms with Gasteiger partial charge >= 0.3 is 0 Å². The fourth-order valence-electron chi connectivity index (χ4n) is 2.72. The molecule has 0 amide bonds. The van der Waals surface area contributed by atoms with Crippen LogP contribution in [0.2, 0.25) is 0 Å². The van der Waals surface area contributed by atoms with Crippen LogP contribution in [0.5, 0.6) is 0 Å². The molecule has 0 spiro atoms. The third-order valence-electron chi connectivity index (χ3n) is 4.03. The molecular weight excluding hydrogens is 252 g/mol. The Morgan fingerprint density at radius 1 is 1.21 bits per heavy atom. The predicted molar refractivity (Wildman–Crippen MR) is 85.0 cm³/mol. The third kappa shape index (κ3) is 4.90. The van der Waals surface area contributed by atoms with E-state index in [9.17, 15) is 0 Å². The van der Waals surface area contributed by atoms with Gasteiger partial charge in [-0.05, 0) is 51.4 Å². The number of likely N-dealkylation sites (tertiary alicyclic amines) is 1. The normalized spacial score (nSPS) is 19.3. The van der Waals surface area contributed by atoms with Gasteiger partial charge in [-0.3, -0.25) is 0 Å². The quantitative estimate of drug-likeness (QED) is 0.852. The summed E-state index contributed by atoms with van der Waals surface area (Å²) in [5.74, 6) is 0. The van der Waals surface area contributed by atoms with E-state index in [4.69, 9.17) is 0 Å². The molecule has 108 valence electrons. The van der Waals surface area contributed by atoms with Crippen LogP contribution in [0.4, 0.5) is 0 Å². The Morgan fingerprint density at radius 3 is 2.58 bits per heavy atom. The summed E-state index contributed by atoms with van der Waals surface area (Å²) < 4.78 is 0. The second-order valence-electron chi connectivity index (χ2n) is 5.59. The number of hydrogen-bond donors (Lipinski definition) is 1. The molecule has 1 aliphatic rings. The summed E-state index contributed by atoms with van der Waals surface area (Å²) in [6.07, 6.45) is 6.79. The van der Waals surface area contributed by atoms with Gasteiger partial charge in [0.1, 0.15) is 0 Å². The minimum Gasteiger partial charge on any atom is -0.308 e. The van der Waals surface area contributed by atoms with E-state index in [-0.39, 0.29) is 0 Å². The summed E-state index contributed by atoms with van der Waals surface area (Å²) in [6, 6.07) is 5.05. The Hall–Kier alpha value is -0.380. The molecule has 2 heterocycles. The van der Waals surface area contributed by atoms with Gasteiger partial charge in [-0.1, -0.05) is 19.8 Å². The zero-order chi connectivity index (χ0) is 13.5. The number of hydrogen-bond acceptors (Lipinski definition) is 3. The van der Waals surface area contributed by atoms with Crippen molar-refractivity contribution in [3.63, 3.8) is 0 Å². The molecule has 1 aromatic rings. The lowest BCUT2D eigenvalue weighted by molar-refractivity contribution is 0.280. The molecule has 3 heteroatoms. The van der Waals surface area contributed by atoms with E-state index in [1.54, 1.807) is 0 Å². The van der Waals surface area contributed by atoms with Gasteiger partial charge in [0, 0.05) is 28.9 Å². The smallest absolute Gasteiger partial charge is 0.0386 e. The summed E-state index contributed by atoms with van der Waals surface area (Å²) in [6.45, 7) is 9.43. The van der Waals surface area contributed by atoms with Crippen LogP contribution in [0.1, 0.15) is 55.3 Å². The highest BCUT2D eigenvalue weighted by molar-refractivity contribution is 7.12. The van der Waals surface area contributed by atoms with Crippen molar-refractivity contribution in [2.45, 2.75) is 52.0 Å². The van der Waals surface area contributed by atoms with Crippen LogP contribution in [0.15, 0.2) is 12.1 Å². The molecule has 1 N–H and O–H groups in total. The monoisotopic (exact) mass is 280 g/mol. The van der Waals surface area contributed by atoms with Crippen LogP contribution in [0.3, 0.4) is 0 Å². The Balaban J connectivity index is 1.69. The van der Waals surface area contributed by atoms with E-state index in [1.165, 1.54) is 55.1 Å². The van der Waals surface area contributed by atoms with Gasteiger partial charge in [0.15, 0.2) is 0 Å². The van der Waals surface area contributed by atoms with Gasteiger partial charge in [-0.15, -0.1) is 11.3 Å². The number of aryl methyl sites for hydroxylation is 1. The zero-order valence-corrected chi connectivity index (χ0v) is 13.3. The average Bonchev–Trinajstić information content (AvgIpc) is 2.76. The van der Waals surface area contributed by atoms with Crippen molar-refractivity contribution in [2.24, 2.45) is 0 Å². The van der Waals surface area contributed by atoms with Gasteiger partial charge < -0.3 is 10.2 Å². The summed E-state index contributed by atoms with van der Waals surface area (Å²) in [5, 5.41) is 3.67. The van der Waals surface area contributed by atoms with Crippen LogP contribution < -0.4 is 5.32 Å². The average molecular weight is 280 g/mol. The molecule has 0 radical (unpaired) electrons. The fraction of sp³-hybridized carbons (Fsp3) is 0.750. The fourth-order valence-corrected chi connectivity index (χ4v) is 3.70. The standard InChI is InChI=1S/C16H28N2S/c1-3-15-8-9-16(19-15)14(2)17-10-13-18-11-6-4-5-7-12-18/h8-9,14,17H,3-7,10-13H2,1-2H3. The van der Waals surface area contributed by atoms with E-state index in [0.29, 0.717) is 6.04 Å². The molecule has 0 bridgehead atoms. The minimum atomic E-state index is 0.497. The van der Waals surface area contributed by atoms with E-state index in [2.05, 4.69) is 36.2 Å². The first-order chi connectivity index (χ1) is 9.29. The minimum absolute atomic E-state index is 0.497. The topological polar surface area (TPSA) is 15.3 Å². The highest BCUT2D eigenvalue weighted by Crippen LogP contribution is 2.23. The van der Waals surface area contributed by atoms with Crippen LogP contribution in [0.25, 0.3) is 0 Å². The van der Waals surface area contributed by atoms with Crippen molar-refractivity contribution in [1.82, 2.24) is 10.2 Å². The molecule has 1 aromatic heterocycles. The van der Waals surface area contributed by atoms with E-state index in [0.717, 1.165) is 13.0 Å². The maximum absolute atomic E-state index is 3.67. The largest absolute Gasteiger partial charge is 0.308 e. The lowest BCUT2D eigenvalue weighted by atomic mass is 10.2. The molecule has 2 nitrogen and oxygen atoms in total. The highest BCUT2D eigenvalue weighted by atomic mass is 32.1. The van der Waals surface area contributed by atoms with Crippen LogP contribution >= 0.6 is 11.3 Å². The van der Waals surface area contributed by atoms with E-state index >= 15 is 0 Å². The van der Waals surface area contributed by atoms with E-state index < -0.39 is 0 Å². The molecule has 2 rings (SSSR count). The Morgan fingerprint density at radius 2 is 1.95 bits per heavy atom. The van der Waals surface area contributed by atoms with Gasteiger partial charge in [0.05, 0.1) is 0 Å². The first-order valence-electron chi connectivity index (χ1n) is 7.84. The Kier molecular flexibility index (Phi) is 6.35. The predicted octanol–water partition coefficient (Wildman–Crippen LogP) is 3.84. The maximum atomic E-state index is 3.67. The van der Waals surface area contributed by atoms with Gasteiger partial charge in [-0.2, -0.15) is 0 Å². The van der Waals surface area contributed by atoms with Crippen molar-refractivity contribution in [3.05, 3.63) is 21.9 Å². The van der Waals surface area contributed by atoms with Crippen LogP contribution in [0, 0.1) is 0 Å². The molecule has 1 aliphatic heterocycles. The second kappa shape index (κ2) is 8.03. The summed E-state index contributed by atoms with van der Waals surface area (Å²) in [4.78, 5) is 5.60. The molecule has 1 unspecified atom stereocenters.